The number of morpholine rings is 2. The van der Waals surface area contributed by atoms with Crippen LogP contribution in [0.4, 0.5) is 11.8 Å². The van der Waals surface area contributed by atoms with Gasteiger partial charge in [-0.1, -0.05) is 0 Å². The first-order valence-corrected chi connectivity index (χ1v) is 11.9. The van der Waals surface area contributed by atoms with Crippen molar-refractivity contribution in [3.05, 3.63) is 36.0 Å². The van der Waals surface area contributed by atoms with E-state index in [1.54, 1.807) is 7.11 Å². The van der Waals surface area contributed by atoms with Gasteiger partial charge in [0.05, 0.1) is 55.7 Å². The smallest absolute Gasteiger partial charge is 0.228 e. The van der Waals surface area contributed by atoms with Crippen molar-refractivity contribution in [3.63, 3.8) is 0 Å². The van der Waals surface area contributed by atoms with Gasteiger partial charge in [-0.15, -0.1) is 0 Å². The third-order valence-electron chi connectivity index (χ3n) is 6.93. The molecule has 0 aliphatic carbocycles. The zero-order valence-electron chi connectivity index (χ0n) is 19.3. The molecule has 9 nitrogen and oxygen atoms in total. The Hall–Kier alpha value is -3.01. The van der Waals surface area contributed by atoms with Gasteiger partial charge in [0.25, 0.3) is 0 Å². The number of benzene rings is 1. The van der Waals surface area contributed by atoms with Gasteiger partial charge in [0.1, 0.15) is 11.6 Å². The fraction of sp³-hybridized carbons (Fsp3) is 0.480. The van der Waals surface area contributed by atoms with E-state index in [1.807, 2.05) is 30.5 Å². The molecule has 2 aromatic heterocycles. The fourth-order valence-electron chi connectivity index (χ4n) is 5.15. The minimum Gasteiger partial charge on any atom is -0.496 e. The van der Waals surface area contributed by atoms with Gasteiger partial charge in [-0.3, -0.25) is 4.98 Å². The lowest BCUT2D eigenvalue weighted by Gasteiger charge is -2.34. The van der Waals surface area contributed by atoms with Crippen molar-refractivity contribution in [2.24, 2.45) is 0 Å². The molecular formula is C25H29N5O4. The van der Waals surface area contributed by atoms with Gasteiger partial charge in [0, 0.05) is 43.5 Å². The molecule has 2 unspecified atom stereocenters. The molecule has 0 amide bonds. The minimum atomic E-state index is -0.0997. The number of pyridine rings is 1. The minimum absolute atomic E-state index is 0.0997. The summed E-state index contributed by atoms with van der Waals surface area (Å²) >= 11 is 0. The normalized spacial score (nSPS) is 22.4. The summed E-state index contributed by atoms with van der Waals surface area (Å²) in [5, 5.41) is 10.7. The molecule has 0 saturated carbocycles. The van der Waals surface area contributed by atoms with E-state index in [0.29, 0.717) is 19.0 Å². The molecule has 3 aromatic rings. The van der Waals surface area contributed by atoms with E-state index < -0.39 is 0 Å². The van der Waals surface area contributed by atoms with E-state index in [-0.39, 0.29) is 18.8 Å². The summed E-state index contributed by atoms with van der Waals surface area (Å²) in [6, 6.07) is 7.75. The first kappa shape index (κ1) is 21.5. The van der Waals surface area contributed by atoms with Crippen molar-refractivity contribution in [1.29, 1.82) is 0 Å². The molecule has 0 spiro atoms. The molecule has 1 aromatic carbocycles. The molecule has 3 saturated heterocycles. The van der Waals surface area contributed by atoms with Crippen LogP contribution in [0.25, 0.3) is 22.2 Å². The number of aliphatic hydroxyl groups is 1. The number of hydrogen-bond donors (Lipinski definition) is 1. The van der Waals surface area contributed by atoms with E-state index in [9.17, 15) is 5.11 Å². The Morgan fingerprint density at radius 2 is 1.85 bits per heavy atom. The lowest BCUT2D eigenvalue weighted by molar-refractivity contribution is 0.0303. The Morgan fingerprint density at radius 1 is 1.06 bits per heavy atom. The van der Waals surface area contributed by atoms with Crippen LogP contribution < -0.4 is 14.5 Å². The molecule has 0 radical (unpaired) electrons. The Morgan fingerprint density at radius 3 is 2.59 bits per heavy atom. The molecule has 178 valence electrons. The highest BCUT2D eigenvalue weighted by Gasteiger charge is 2.35. The number of hydrogen-bond acceptors (Lipinski definition) is 9. The number of anilines is 2. The third kappa shape index (κ3) is 3.93. The summed E-state index contributed by atoms with van der Waals surface area (Å²) in [7, 11) is 1.60. The molecule has 5 heterocycles. The molecular weight excluding hydrogens is 434 g/mol. The fourth-order valence-corrected chi connectivity index (χ4v) is 5.15. The van der Waals surface area contributed by atoms with E-state index in [1.165, 1.54) is 0 Å². The van der Waals surface area contributed by atoms with Crippen molar-refractivity contribution < 1.29 is 19.3 Å². The van der Waals surface area contributed by atoms with Gasteiger partial charge in [-0.2, -0.15) is 4.98 Å². The van der Waals surface area contributed by atoms with Gasteiger partial charge in [0.15, 0.2) is 0 Å². The average molecular weight is 464 g/mol. The van der Waals surface area contributed by atoms with Gasteiger partial charge >= 0.3 is 0 Å². The van der Waals surface area contributed by atoms with Crippen LogP contribution in [0.3, 0.4) is 0 Å². The maximum absolute atomic E-state index is 9.75. The summed E-state index contributed by atoms with van der Waals surface area (Å²) in [5.74, 6) is 2.32. The van der Waals surface area contributed by atoms with Crippen molar-refractivity contribution in [2.45, 2.75) is 31.7 Å². The SMILES string of the molecule is COc1ccc(-c2cc3nc(N4CCOCC4)nc(N4CC5CCC(C4)O5)c3cn2)cc1CO. The number of methoxy groups -OCH3 is 1. The molecule has 6 rings (SSSR count). The van der Waals surface area contributed by atoms with Crippen LogP contribution in [0.1, 0.15) is 18.4 Å². The van der Waals surface area contributed by atoms with Gasteiger partial charge < -0.3 is 29.1 Å². The van der Waals surface area contributed by atoms with Crippen LogP contribution in [0, 0.1) is 0 Å². The summed E-state index contributed by atoms with van der Waals surface area (Å²) in [6.07, 6.45) is 4.61. The topological polar surface area (TPSA) is 93.1 Å². The number of aromatic nitrogens is 3. The predicted octanol–water partition coefficient (Wildman–Crippen LogP) is 2.40. The van der Waals surface area contributed by atoms with Crippen LogP contribution in [0.2, 0.25) is 0 Å². The lowest BCUT2D eigenvalue weighted by atomic mass is 10.1. The number of fused-ring (bicyclic) bond motifs is 3. The van der Waals surface area contributed by atoms with Crippen LogP contribution >= 0.6 is 0 Å². The monoisotopic (exact) mass is 463 g/mol. The number of ether oxygens (including phenoxy) is 3. The summed E-state index contributed by atoms with van der Waals surface area (Å²) < 4.78 is 17.0. The zero-order valence-corrected chi connectivity index (χ0v) is 19.3. The Kier molecular flexibility index (Phi) is 5.68. The third-order valence-corrected chi connectivity index (χ3v) is 6.93. The molecule has 3 aliphatic heterocycles. The Balaban J connectivity index is 1.44. The van der Waals surface area contributed by atoms with Gasteiger partial charge in [-0.05, 0) is 37.1 Å². The standard InChI is InChI=1S/C25H29N5O4/c1-32-23-5-2-16(10-17(23)15-31)21-11-22-20(12-26-21)24(30-13-18-3-4-19(14-30)34-18)28-25(27-22)29-6-8-33-9-7-29/h2,5,10-12,18-19,31H,3-4,6-9,13-15H2,1H3. The van der Waals surface area contributed by atoms with Crippen molar-refractivity contribution in [3.8, 4) is 17.0 Å². The average Bonchev–Trinajstić information content (AvgIpc) is 3.24. The molecule has 3 aliphatic rings. The number of nitrogens with zero attached hydrogens (tertiary/aromatic N) is 5. The summed E-state index contributed by atoms with van der Waals surface area (Å²) in [5.41, 5.74) is 3.29. The first-order valence-electron chi connectivity index (χ1n) is 11.9. The second kappa shape index (κ2) is 8.98. The zero-order chi connectivity index (χ0) is 23.1. The molecule has 34 heavy (non-hydrogen) atoms. The van der Waals surface area contributed by atoms with E-state index in [2.05, 4.69) is 9.80 Å². The van der Waals surface area contributed by atoms with Crippen LogP contribution in [0.5, 0.6) is 5.75 Å². The van der Waals surface area contributed by atoms with E-state index in [4.69, 9.17) is 29.2 Å². The quantitative estimate of drug-likeness (QED) is 0.612. The van der Waals surface area contributed by atoms with Gasteiger partial charge in [0.2, 0.25) is 5.95 Å². The van der Waals surface area contributed by atoms with Crippen molar-refractivity contribution in [2.75, 3.05) is 56.3 Å². The molecule has 2 bridgehead atoms. The highest BCUT2D eigenvalue weighted by atomic mass is 16.5. The number of rotatable bonds is 5. The predicted molar refractivity (Wildman–Crippen MR) is 128 cm³/mol. The largest absolute Gasteiger partial charge is 0.496 e. The van der Waals surface area contributed by atoms with Crippen molar-refractivity contribution in [1.82, 2.24) is 15.0 Å². The molecule has 9 heteroatoms. The highest BCUT2D eigenvalue weighted by molar-refractivity contribution is 5.92. The summed E-state index contributed by atoms with van der Waals surface area (Å²) in [4.78, 5) is 19.3. The summed E-state index contributed by atoms with van der Waals surface area (Å²) in [6.45, 7) is 4.48. The molecule has 1 N–H and O–H groups in total. The first-order chi connectivity index (χ1) is 16.7. The van der Waals surface area contributed by atoms with Crippen LogP contribution in [-0.4, -0.2) is 78.8 Å². The maximum Gasteiger partial charge on any atom is 0.228 e. The molecule has 3 fully saturated rings. The Labute approximate surface area is 198 Å². The number of aliphatic hydroxyl groups excluding tert-OH is 1. The van der Waals surface area contributed by atoms with Crippen LogP contribution in [-0.2, 0) is 16.1 Å². The van der Waals surface area contributed by atoms with Crippen molar-refractivity contribution >= 4 is 22.7 Å². The maximum atomic E-state index is 9.75. The Bertz CT molecular complexity index is 1190. The molecule has 2 atom stereocenters. The lowest BCUT2D eigenvalue weighted by Crippen LogP contribution is -2.43. The second-order valence-electron chi connectivity index (χ2n) is 9.08. The van der Waals surface area contributed by atoms with Gasteiger partial charge in [-0.25, -0.2) is 4.98 Å². The highest BCUT2D eigenvalue weighted by Crippen LogP contribution is 2.35. The van der Waals surface area contributed by atoms with E-state index in [0.717, 1.165) is 78.5 Å². The van der Waals surface area contributed by atoms with Crippen LogP contribution in [0.15, 0.2) is 30.5 Å². The van der Waals surface area contributed by atoms with E-state index >= 15 is 0 Å². The second-order valence-corrected chi connectivity index (χ2v) is 9.08.